The molecule has 2 nitrogen and oxygen atoms in total. The molecule has 0 aliphatic carbocycles. The topological polar surface area (TPSA) is 22.1 Å². The standard InChI is InChI=1S/C12H9ClFNO/c1-16-12-3-2-9(14)7-10(12)11-6-8(13)4-5-15-11/h2-7H,1H3. The van der Waals surface area contributed by atoms with E-state index >= 15 is 0 Å². The van der Waals surface area contributed by atoms with E-state index in [0.29, 0.717) is 22.0 Å². The van der Waals surface area contributed by atoms with Crippen LogP contribution < -0.4 is 4.74 Å². The molecule has 0 saturated carbocycles. The van der Waals surface area contributed by atoms with Crippen molar-refractivity contribution in [2.75, 3.05) is 7.11 Å². The van der Waals surface area contributed by atoms with E-state index < -0.39 is 0 Å². The molecule has 82 valence electrons. The molecule has 0 radical (unpaired) electrons. The fourth-order valence-corrected chi connectivity index (χ4v) is 1.59. The van der Waals surface area contributed by atoms with Crippen LogP contribution in [0.15, 0.2) is 36.5 Å². The van der Waals surface area contributed by atoms with Crippen molar-refractivity contribution < 1.29 is 9.13 Å². The number of methoxy groups -OCH3 is 1. The molecule has 1 heterocycles. The van der Waals surface area contributed by atoms with Gasteiger partial charge >= 0.3 is 0 Å². The molecular formula is C12H9ClFNO. The van der Waals surface area contributed by atoms with E-state index in [1.54, 1.807) is 24.4 Å². The summed E-state index contributed by atoms with van der Waals surface area (Å²) in [5.74, 6) is 0.230. The highest BCUT2D eigenvalue weighted by molar-refractivity contribution is 6.30. The quantitative estimate of drug-likeness (QED) is 0.797. The number of benzene rings is 1. The van der Waals surface area contributed by atoms with Gasteiger partial charge in [0, 0.05) is 16.8 Å². The minimum absolute atomic E-state index is 0.336. The molecule has 0 unspecified atom stereocenters. The highest BCUT2D eigenvalue weighted by Crippen LogP contribution is 2.30. The van der Waals surface area contributed by atoms with Crippen molar-refractivity contribution in [3.05, 3.63) is 47.4 Å². The SMILES string of the molecule is COc1ccc(F)cc1-c1cc(Cl)ccn1. The molecule has 0 bridgehead atoms. The minimum Gasteiger partial charge on any atom is -0.496 e. The zero-order valence-corrected chi connectivity index (χ0v) is 9.33. The van der Waals surface area contributed by atoms with Crippen molar-refractivity contribution in [1.82, 2.24) is 4.98 Å². The van der Waals surface area contributed by atoms with Crippen LogP contribution >= 0.6 is 11.6 Å². The van der Waals surface area contributed by atoms with Crippen molar-refractivity contribution >= 4 is 11.6 Å². The van der Waals surface area contributed by atoms with Crippen molar-refractivity contribution in [2.45, 2.75) is 0 Å². The molecule has 2 rings (SSSR count). The Morgan fingerprint density at radius 3 is 2.75 bits per heavy atom. The first-order valence-electron chi connectivity index (χ1n) is 4.66. The fourth-order valence-electron chi connectivity index (χ4n) is 1.43. The van der Waals surface area contributed by atoms with Crippen LogP contribution in [-0.4, -0.2) is 12.1 Å². The maximum atomic E-state index is 13.2. The molecule has 4 heteroatoms. The van der Waals surface area contributed by atoms with Gasteiger partial charge in [-0.25, -0.2) is 4.39 Å². The summed E-state index contributed by atoms with van der Waals surface area (Å²) >= 11 is 5.86. The number of ether oxygens (including phenoxy) is 1. The molecule has 2 aromatic rings. The third kappa shape index (κ3) is 2.14. The number of aromatic nitrogens is 1. The normalized spacial score (nSPS) is 10.2. The van der Waals surface area contributed by atoms with Crippen molar-refractivity contribution in [3.8, 4) is 17.0 Å². The largest absolute Gasteiger partial charge is 0.496 e. The van der Waals surface area contributed by atoms with Gasteiger partial charge in [0.25, 0.3) is 0 Å². The van der Waals surface area contributed by atoms with Crippen LogP contribution in [0.5, 0.6) is 5.75 Å². The first-order valence-corrected chi connectivity index (χ1v) is 5.04. The average molecular weight is 238 g/mol. The van der Waals surface area contributed by atoms with Crippen molar-refractivity contribution in [1.29, 1.82) is 0 Å². The molecule has 0 saturated heterocycles. The van der Waals surface area contributed by atoms with Gasteiger partial charge in [-0.1, -0.05) is 11.6 Å². The molecule has 0 spiro atoms. The smallest absolute Gasteiger partial charge is 0.128 e. The van der Waals surface area contributed by atoms with Crippen molar-refractivity contribution in [2.24, 2.45) is 0 Å². The summed E-state index contributed by atoms with van der Waals surface area (Å²) in [5, 5.41) is 0.552. The molecule has 0 atom stereocenters. The Morgan fingerprint density at radius 2 is 2.06 bits per heavy atom. The van der Waals surface area contributed by atoms with E-state index in [0.717, 1.165) is 0 Å². The van der Waals surface area contributed by atoms with Crippen LogP contribution in [0.4, 0.5) is 4.39 Å². The van der Waals surface area contributed by atoms with Gasteiger partial charge < -0.3 is 4.74 Å². The Labute approximate surface area is 97.7 Å². The maximum Gasteiger partial charge on any atom is 0.128 e. The van der Waals surface area contributed by atoms with Crippen LogP contribution in [0.2, 0.25) is 5.02 Å². The Hall–Kier alpha value is -1.61. The third-order valence-corrected chi connectivity index (χ3v) is 2.39. The Kier molecular flexibility index (Phi) is 3.06. The van der Waals surface area contributed by atoms with E-state index in [1.165, 1.54) is 19.2 Å². The minimum atomic E-state index is -0.336. The highest BCUT2D eigenvalue weighted by atomic mass is 35.5. The predicted molar refractivity (Wildman–Crippen MR) is 61.2 cm³/mol. The average Bonchev–Trinajstić information content (AvgIpc) is 2.29. The second-order valence-electron chi connectivity index (χ2n) is 3.20. The maximum absolute atomic E-state index is 13.2. The van der Waals surface area contributed by atoms with Gasteiger partial charge in [-0.05, 0) is 30.3 Å². The second kappa shape index (κ2) is 4.49. The number of halogens is 2. The summed E-state index contributed by atoms with van der Waals surface area (Å²) in [4.78, 5) is 4.13. The van der Waals surface area contributed by atoms with Gasteiger partial charge in [-0.2, -0.15) is 0 Å². The molecule has 0 fully saturated rings. The number of nitrogens with zero attached hydrogens (tertiary/aromatic N) is 1. The van der Waals surface area contributed by atoms with Crippen LogP contribution in [0.3, 0.4) is 0 Å². The van der Waals surface area contributed by atoms with Crippen molar-refractivity contribution in [3.63, 3.8) is 0 Å². The number of pyridine rings is 1. The lowest BCUT2D eigenvalue weighted by molar-refractivity contribution is 0.415. The molecule has 1 aromatic heterocycles. The van der Waals surface area contributed by atoms with Gasteiger partial charge in [-0.3, -0.25) is 4.98 Å². The predicted octanol–water partition coefficient (Wildman–Crippen LogP) is 3.55. The molecule has 1 aromatic carbocycles. The number of hydrogen-bond donors (Lipinski definition) is 0. The highest BCUT2D eigenvalue weighted by Gasteiger charge is 2.08. The van der Waals surface area contributed by atoms with E-state index in [4.69, 9.17) is 16.3 Å². The zero-order valence-electron chi connectivity index (χ0n) is 8.58. The van der Waals surface area contributed by atoms with Gasteiger partial charge in [0.15, 0.2) is 0 Å². The van der Waals surface area contributed by atoms with Gasteiger partial charge in [0.1, 0.15) is 11.6 Å². The van der Waals surface area contributed by atoms with Crippen LogP contribution in [0.25, 0.3) is 11.3 Å². The summed E-state index contributed by atoms with van der Waals surface area (Å²) in [6.07, 6.45) is 1.57. The monoisotopic (exact) mass is 237 g/mol. The Morgan fingerprint density at radius 1 is 1.25 bits per heavy atom. The first kappa shape index (κ1) is 10.9. The zero-order chi connectivity index (χ0) is 11.5. The lowest BCUT2D eigenvalue weighted by Gasteiger charge is -2.07. The summed E-state index contributed by atoms with van der Waals surface area (Å²) in [6.45, 7) is 0. The van der Waals surface area contributed by atoms with Crippen LogP contribution in [-0.2, 0) is 0 Å². The third-order valence-electron chi connectivity index (χ3n) is 2.16. The Bertz CT molecular complexity index is 516. The number of rotatable bonds is 2. The van der Waals surface area contributed by atoms with Crippen LogP contribution in [0.1, 0.15) is 0 Å². The van der Waals surface area contributed by atoms with E-state index in [9.17, 15) is 4.39 Å². The summed E-state index contributed by atoms with van der Waals surface area (Å²) in [5.41, 5.74) is 1.17. The lowest BCUT2D eigenvalue weighted by atomic mass is 10.1. The van der Waals surface area contributed by atoms with E-state index in [-0.39, 0.29) is 5.82 Å². The van der Waals surface area contributed by atoms with Gasteiger partial charge in [0.05, 0.1) is 12.8 Å². The molecule has 0 amide bonds. The van der Waals surface area contributed by atoms with E-state index in [2.05, 4.69) is 4.98 Å². The summed E-state index contributed by atoms with van der Waals surface area (Å²) in [7, 11) is 1.53. The second-order valence-corrected chi connectivity index (χ2v) is 3.64. The van der Waals surface area contributed by atoms with E-state index in [1.807, 2.05) is 0 Å². The molecule has 0 N–H and O–H groups in total. The molecule has 16 heavy (non-hydrogen) atoms. The van der Waals surface area contributed by atoms with Crippen LogP contribution in [0, 0.1) is 5.82 Å². The lowest BCUT2D eigenvalue weighted by Crippen LogP contribution is -1.91. The fraction of sp³-hybridized carbons (Fsp3) is 0.0833. The van der Waals surface area contributed by atoms with Gasteiger partial charge in [-0.15, -0.1) is 0 Å². The summed E-state index contributed by atoms with van der Waals surface area (Å²) in [6, 6.07) is 7.60. The summed E-state index contributed by atoms with van der Waals surface area (Å²) < 4.78 is 18.3. The first-order chi connectivity index (χ1) is 7.70. The molecule has 0 aliphatic heterocycles. The Balaban J connectivity index is 2.58. The molecule has 0 aliphatic rings. The van der Waals surface area contributed by atoms with Gasteiger partial charge in [0.2, 0.25) is 0 Å². The number of hydrogen-bond acceptors (Lipinski definition) is 2. The molecular weight excluding hydrogens is 229 g/mol.